The summed E-state index contributed by atoms with van der Waals surface area (Å²) >= 11 is 0. The van der Waals surface area contributed by atoms with Gasteiger partial charge in [0.1, 0.15) is 17.6 Å². The zero-order valence-electron chi connectivity index (χ0n) is 9.36. The van der Waals surface area contributed by atoms with Gasteiger partial charge in [0.05, 0.1) is 11.7 Å². The van der Waals surface area contributed by atoms with Gasteiger partial charge in [0, 0.05) is 24.1 Å². The number of carbonyl (C=O) groups is 1. The zero-order valence-corrected chi connectivity index (χ0v) is 9.36. The van der Waals surface area contributed by atoms with Crippen molar-refractivity contribution in [1.29, 1.82) is 0 Å². The standard InChI is InChI=1S/C12H13NO4/c1-5-9(14)3-7-10(15)2-6-8(11(7)17-5)4-13-12(6)16/h2,5,9,14-15H,3-4H2,1H3,(H,13,16). The van der Waals surface area contributed by atoms with Crippen molar-refractivity contribution in [2.75, 3.05) is 0 Å². The third kappa shape index (κ3) is 1.39. The second kappa shape index (κ2) is 3.37. The van der Waals surface area contributed by atoms with Crippen LogP contribution in [0.5, 0.6) is 11.5 Å². The third-order valence-electron chi connectivity index (χ3n) is 3.39. The van der Waals surface area contributed by atoms with Crippen LogP contribution in [-0.4, -0.2) is 28.3 Å². The summed E-state index contributed by atoms with van der Waals surface area (Å²) in [6.45, 7) is 2.19. The minimum Gasteiger partial charge on any atom is -0.508 e. The Morgan fingerprint density at radius 2 is 2.24 bits per heavy atom. The summed E-state index contributed by atoms with van der Waals surface area (Å²) in [5.74, 6) is 0.373. The highest BCUT2D eigenvalue weighted by atomic mass is 16.5. The van der Waals surface area contributed by atoms with Crippen molar-refractivity contribution in [3.63, 3.8) is 0 Å². The predicted molar refractivity (Wildman–Crippen MR) is 59.1 cm³/mol. The maximum atomic E-state index is 11.5. The number of benzene rings is 1. The topological polar surface area (TPSA) is 78.8 Å². The first-order valence-corrected chi connectivity index (χ1v) is 5.58. The Bertz CT molecular complexity index is 512. The number of amides is 1. The van der Waals surface area contributed by atoms with Crippen LogP contribution >= 0.6 is 0 Å². The summed E-state index contributed by atoms with van der Waals surface area (Å²) < 4.78 is 5.61. The van der Waals surface area contributed by atoms with E-state index in [0.29, 0.717) is 29.8 Å². The zero-order chi connectivity index (χ0) is 12.2. The monoisotopic (exact) mass is 235 g/mol. The highest BCUT2D eigenvalue weighted by Gasteiger charge is 2.33. The second-order valence-electron chi connectivity index (χ2n) is 4.51. The fraction of sp³-hybridized carbons (Fsp3) is 0.417. The molecule has 0 aromatic heterocycles. The second-order valence-corrected chi connectivity index (χ2v) is 4.51. The molecule has 2 aliphatic rings. The lowest BCUT2D eigenvalue weighted by Crippen LogP contribution is -2.35. The van der Waals surface area contributed by atoms with E-state index in [4.69, 9.17) is 4.74 Å². The van der Waals surface area contributed by atoms with Gasteiger partial charge in [0.2, 0.25) is 0 Å². The molecule has 1 aromatic rings. The minimum absolute atomic E-state index is 0.0155. The number of aliphatic hydroxyl groups is 1. The molecule has 0 saturated carbocycles. The van der Waals surface area contributed by atoms with E-state index in [9.17, 15) is 15.0 Å². The molecule has 3 N–H and O–H groups in total. The lowest BCUT2D eigenvalue weighted by Gasteiger charge is -2.29. The van der Waals surface area contributed by atoms with Gasteiger partial charge in [-0.05, 0) is 13.0 Å². The summed E-state index contributed by atoms with van der Waals surface area (Å²) in [6.07, 6.45) is -0.607. The molecule has 0 aliphatic carbocycles. The van der Waals surface area contributed by atoms with Crippen LogP contribution in [0.2, 0.25) is 0 Å². The molecule has 17 heavy (non-hydrogen) atoms. The lowest BCUT2D eigenvalue weighted by molar-refractivity contribution is 0.0313. The SMILES string of the molecule is CC1Oc2c(c(O)cc3c2CNC3=O)CC1O. The Morgan fingerprint density at radius 1 is 1.47 bits per heavy atom. The highest BCUT2D eigenvalue weighted by molar-refractivity contribution is 6.00. The summed E-state index contributed by atoms with van der Waals surface area (Å²) in [5, 5.41) is 22.3. The molecule has 5 nitrogen and oxygen atoms in total. The normalized spacial score (nSPS) is 25.9. The first-order chi connectivity index (χ1) is 8.08. The lowest BCUT2D eigenvalue weighted by atomic mass is 9.94. The molecule has 2 heterocycles. The van der Waals surface area contributed by atoms with Crippen LogP contribution in [0.25, 0.3) is 0 Å². The molecule has 5 heteroatoms. The molecule has 3 rings (SSSR count). The number of fused-ring (bicyclic) bond motifs is 3. The van der Waals surface area contributed by atoms with Crippen molar-refractivity contribution in [2.24, 2.45) is 0 Å². The summed E-state index contributed by atoms with van der Waals surface area (Å²) in [5.41, 5.74) is 1.83. The van der Waals surface area contributed by atoms with Crippen LogP contribution < -0.4 is 10.1 Å². The van der Waals surface area contributed by atoms with Crippen LogP contribution in [0, 0.1) is 0 Å². The average molecular weight is 235 g/mol. The third-order valence-corrected chi connectivity index (χ3v) is 3.39. The Balaban J connectivity index is 2.19. The number of aliphatic hydroxyl groups excluding tert-OH is 1. The molecule has 90 valence electrons. The van der Waals surface area contributed by atoms with Crippen LogP contribution in [0.1, 0.15) is 28.4 Å². The van der Waals surface area contributed by atoms with Crippen molar-refractivity contribution in [2.45, 2.75) is 32.1 Å². The van der Waals surface area contributed by atoms with Crippen LogP contribution in [0.3, 0.4) is 0 Å². The smallest absolute Gasteiger partial charge is 0.252 e. The van der Waals surface area contributed by atoms with E-state index in [-0.39, 0.29) is 17.8 Å². The van der Waals surface area contributed by atoms with Gasteiger partial charge in [-0.2, -0.15) is 0 Å². The van der Waals surface area contributed by atoms with Gasteiger partial charge in [-0.15, -0.1) is 0 Å². The Morgan fingerprint density at radius 3 is 3.00 bits per heavy atom. The molecule has 2 unspecified atom stereocenters. The van der Waals surface area contributed by atoms with E-state index >= 15 is 0 Å². The summed E-state index contributed by atoms with van der Waals surface area (Å²) in [7, 11) is 0. The number of phenols is 1. The predicted octanol–water partition coefficient (Wildman–Crippen LogP) is 0.320. The number of ether oxygens (including phenoxy) is 1. The molecule has 2 atom stereocenters. The fourth-order valence-electron chi connectivity index (χ4n) is 2.35. The number of nitrogens with one attached hydrogen (secondary N) is 1. The highest BCUT2D eigenvalue weighted by Crippen LogP contribution is 2.40. The molecule has 0 spiro atoms. The number of aromatic hydroxyl groups is 1. The van der Waals surface area contributed by atoms with E-state index in [1.165, 1.54) is 6.07 Å². The molecule has 1 amide bonds. The number of rotatable bonds is 0. The molecule has 0 saturated heterocycles. The van der Waals surface area contributed by atoms with Crippen LogP contribution in [-0.2, 0) is 13.0 Å². The van der Waals surface area contributed by atoms with Crippen molar-refractivity contribution in [3.8, 4) is 11.5 Å². The first-order valence-electron chi connectivity index (χ1n) is 5.58. The quantitative estimate of drug-likeness (QED) is 0.605. The molecule has 2 aliphatic heterocycles. The Labute approximate surface area is 98.0 Å². The number of hydrogen-bond donors (Lipinski definition) is 3. The van der Waals surface area contributed by atoms with Gasteiger partial charge in [-0.1, -0.05) is 0 Å². The van der Waals surface area contributed by atoms with E-state index in [2.05, 4.69) is 5.32 Å². The minimum atomic E-state index is -0.628. The van der Waals surface area contributed by atoms with Crippen LogP contribution in [0.4, 0.5) is 0 Å². The fourth-order valence-corrected chi connectivity index (χ4v) is 2.35. The molecule has 0 fully saturated rings. The Kier molecular flexibility index (Phi) is 2.06. The van der Waals surface area contributed by atoms with E-state index in [1.807, 2.05) is 0 Å². The van der Waals surface area contributed by atoms with E-state index in [1.54, 1.807) is 6.92 Å². The van der Waals surface area contributed by atoms with Crippen molar-refractivity contribution < 1.29 is 19.7 Å². The summed E-state index contributed by atoms with van der Waals surface area (Å²) in [4.78, 5) is 11.5. The molecular weight excluding hydrogens is 222 g/mol. The van der Waals surface area contributed by atoms with Gasteiger partial charge in [-0.3, -0.25) is 4.79 Å². The average Bonchev–Trinajstić information content (AvgIpc) is 2.64. The first kappa shape index (κ1) is 10.4. The van der Waals surface area contributed by atoms with E-state index in [0.717, 1.165) is 5.56 Å². The number of hydrogen-bond acceptors (Lipinski definition) is 4. The molecule has 0 bridgehead atoms. The van der Waals surface area contributed by atoms with Gasteiger partial charge in [-0.25, -0.2) is 0 Å². The number of carbonyl (C=O) groups excluding carboxylic acids is 1. The van der Waals surface area contributed by atoms with Gasteiger partial charge in [0.15, 0.2) is 0 Å². The van der Waals surface area contributed by atoms with Gasteiger partial charge in [0.25, 0.3) is 5.91 Å². The summed E-state index contributed by atoms with van der Waals surface area (Å²) in [6, 6.07) is 1.45. The maximum Gasteiger partial charge on any atom is 0.252 e. The molecule has 0 radical (unpaired) electrons. The molecule has 1 aromatic carbocycles. The van der Waals surface area contributed by atoms with Crippen molar-refractivity contribution in [1.82, 2.24) is 5.32 Å². The van der Waals surface area contributed by atoms with Crippen LogP contribution in [0.15, 0.2) is 6.07 Å². The van der Waals surface area contributed by atoms with E-state index < -0.39 is 6.10 Å². The van der Waals surface area contributed by atoms with Crippen molar-refractivity contribution in [3.05, 3.63) is 22.8 Å². The largest absolute Gasteiger partial charge is 0.508 e. The molecular formula is C12H13NO4. The van der Waals surface area contributed by atoms with Gasteiger partial charge < -0.3 is 20.3 Å². The maximum absolute atomic E-state index is 11.5. The Hall–Kier alpha value is -1.75. The van der Waals surface area contributed by atoms with Gasteiger partial charge >= 0.3 is 0 Å². The number of phenolic OH excluding ortho intramolecular Hbond substituents is 1. The van der Waals surface area contributed by atoms with Crippen molar-refractivity contribution >= 4 is 5.91 Å².